The summed E-state index contributed by atoms with van der Waals surface area (Å²) in [5.74, 6) is 20.2. The summed E-state index contributed by atoms with van der Waals surface area (Å²) in [4.78, 5) is 0. The molecule has 0 aromatic rings. The van der Waals surface area contributed by atoms with Crippen molar-refractivity contribution in [2.24, 2.45) is 22.7 Å². The Morgan fingerprint density at radius 3 is 2.02 bits per heavy atom. The van der Waals surface area contributed by atoms with Crippen LogP contribution in [0.15, 0.2) is 69.9 Å². The zero-order valence-electron chi connectivity index (χ0n) is 27.3. The van der Waals surface area contributed by atoms with Gasteiger partial charge in [0.2, 0.25) is 0 Å². The standard InChI is InChI=1S/C40H54/c1-31(19-13-21-33(3)25-27-37-35(5)23-15-29-39(37,7)8)17-11-12-18-32(2)20-14-22-34(4)26-28-38-36(6)24-16-30-40(38,9)10/h17,21,25-28,32,34H,11,15-16,22-24,29-30H2,1-10H3/b27-25+,28-26+,31-17+,33-21+. The van der Waals surface area contributed by atoms with E-state index in [2.05, 4.69) is 135 Å². The third kappa shape index (κ3) is 11.3. The number of allylic oxidation sites excluding steroid dienone is 12. The van der Waals surface area contributed by atoms with Crippen LogP contribution < -0.4 is 0 Å². The molecule has 40 heavy (non-hydrogen) atoms. The lowest BCUT2D eigenvalue weighted by Crippen LogP contribution is -2.19. The average molecular weight is 535 g/mol. The van der Waals surface area contributed by atoms with Crippen LogP contribution in [0.25, 0.3) is 0 Å². The van der Waals surface area contributed by atoms with Gasteiger partial charge in [0.15, 0.2) is 0 Å². The smallest absolute Gasteiger partial charge is 0.0783 e. The number of hydrogen-bond acceptors (Lipinski definition) is 0. The van der Waals surface area contributed by atoms with Crippen molar-refractivity contribution in [3.8, 4) is 35.5 Å². The zero-order chi connectivity index (χ0) is 29.8. The minimum Gasteiger partial charge on any atom is -0.101 e. The van der Waals surface area contributed by atoms with Gasteiger partial charge < -0.3 is 0 Å². The van der Waals surface area contributed by atoms with Crippen LogP contribution in [-0.4, -0.2) is 0 Å². The molecule has 0 nitrogen and oxygen atoms in total. The highest BCUT2D eigenvalue weighted by molar-refractivity contribution is 5.39. The predicted molar refractivity (Wildman–Crippen MR) is 177 cm³/mol. The highest BCUT2D eigenvalue weighted by atomic mass is 14.3. The van der Waals surface area contributed by atoms with Gasteiger partial charge in [0.1, 0.15) is 0 Å². The van der Waals surface area contributed by atoms with Gasteiger partial charge in [-0.15, -0.1) is 5.92 Å². The van der Waals surface area contributed by atoms with Crippen LogP contribution in [0, 0.1) is 58.2 Å². The van der Waals surface area contributed by atoms with Gasteiger partial charge in [-0.05, 0) is 118 Å². The van der Waals surface area contributed by atoms with E-state index in [0.717, 1.165) is 12.0 Å². The first-order valence-electron chi connectivity index (χ1n) is 15.4. The molecular formula is C40H54. The number of hydrogen-bond donors (Lipinski definition) is 0. The highest BCUT2D eigenvalue weighted by Crippen LogP contribution is 2.41. The van der Waals surface area contributed by atoms with E-state index in [1.807, 2.05) is 6.08 Å². The molecule has 2 aliphatic rings. The summed E-state index contributed by atoms with van der Waals surface area (Å²) >= 11 is 0. The first-order valence-corrected chi connectivity index (χ1v) is 15.4. The quantitative estimate of drug-likeness (QED) is 0.235. The van der Waals surface area contributed by atoms with Gasteiger partial charge in [-0.1, -0.05) is 106 Å². The van der Waals surface area contributed by atoms with Crippen LogP contribution in [0.3, 0.4) is 0 Å². The summed E-state index contributed by atoms with van der Waals surface area (Å²) in [6, 6.07) is 0. The lowest BCUT2D eigenvalue weighted by Gasteiger charge is -2.33. The maximum absolute atomic E-state index is 3.36. The van der Waals surface area contributed by atoms with Crippen LogP contribution in [0.1, 0.15) is 121 Å². The first-order chi connectivity index (χ1) is 18.8. The lowest BCUT2D eigenvalue weighted by atomic mass is 9.72. The largest absolute Gasteiger partial charge is 0.101 e. The highest BCUT2D eigenvalue weighted by Gasteiger charge is 2.27. The number of rotatable bonds is 6. The monoisotopic (exact) mass is 534 g/mol. The molecule has 2 unspecified atom stereocenters. The molecule has 0 amide bonds. The fourth-order valence-corrected chi connectivity index (χ4v) is 5.75. The summed E-state index contributed by atoms with van der Waals surface area (Å²) in [7, 11) is 0. The molecule has 0 N–H and O–H groups in total. The molecule has 0 spiro atoms. The van der Waals surface area contributed by atoms with Crippen molar-refractivity contribution in [3.63, 3.8) is 0 Å². The second-order valence-corrected chi connectivity index (χ2v) is 13.3. The Balaban J connectivity index is 1.83. The minimum atomic E-state index is 0.0865. The lowest BCUT2D eigenvalue weighted by molar-refractivity contribution is 0.376. The van der Waals surface area contributed by atoms with Gasteiger partial charge >= 0.3 is 0 Å². The van der Waals surface area contributed by atoms with Crippen LogP contribution in [-0.2, 0) is 0 Å². The van der Waals surface area contributed by atoms with Crippen molar-refractivity contribution in [2.45, 2.75) is 121 Å². The molecule has 0 heteroatoms. The Hall–Kier alpha value is -2.88. The van der Waals surface area contributed by atoms with Crippen molar-refractivity contribution in [3.05, 3.63) is 69.9 Å². The van der Waals surface area contributed by atoms with E-state index < -0.39 is 0 Å². The van der Waals surface area contributed by atoms with Crippen molar-refractivity contribution in [1.82, 2.24) is 0 Å². The predicted octanol–water partition coefficient (Wildman–Crippen LogP) is 11.1. The summed E-state index contributed by atoms with van der Waals surface area (Å²) in [6.07, 6.45) is 22.5. The first kappa shape index (κ1) is 33.3. The molecule has 2 aliphatic carbocycles. The SMILES string of the molecule is CC1=C(/C=C/C(C)=C/C#C/C(C)=C/CC#CC(C)C#CCC(C)/C=C/C2=C(C)CCCC2(C)C)C(C)(C)CCC1. The topological polar surface area (TPSA) is 0 Å². The molecule has 0 aromatic carbocycles. The Kier molecular flexibility index (Phi) is 13.2. The average Bonchev–Trinajstić information content (AvgIpc) is 2.85. The van der Waals surface area contributed by atoms with E-state index in [1.165, 1.54) is 60.8 Å². The molecule has 2 atom stereocenters. The van der Waals surface area contributed by atoms with E-state index in [9.17, 15) is 0 Å². The van der Waals surface area contributed by atoms with E-state index in [-0.39, 0.29) is 11.3 Å². The van der Waals surface area contributed by atoms with Gasteiger partial charge in [0.25, 0.3) is 0 Å². The molecule has 0 fully saturated rings. The molecule has 214 valence electrons. The fourth-order valence-electron chi connectivity index (χ4n) is 5.75. The van der Waals surface area contributed by atoms with Crippen molar-refractivity contribution in [2.75, 3.05) is 0 Å². The van der Waals surface area contributed by atoms with Crippen molar-refractivity contribution < 1.29 is 0 Å². The van der Waals surface area contributed by atoms with Crippen molar-refractivity contribution in [1.29, 1.82) is 0 Å². The molecule has 0 heterocycles. The minimum absolute atomic E-state index is 0.0865. The summed E-state index contributed by atoms with van der Waals surface area (Å²) in [5.41, 5.74) is 8.91. The second kappa shape index (κ2) is 15.8. The molecule has 0 radical (unpaired) electrons. The van der Waals surface area contributed by atoms with Gasteiger partial charge in [0, 0.05) is 12.8 Å². The van der Waals surface area contributed by atoms with Gasteiger partial charge in [-0.3, -0.25) is 0 Å². The zero-order valence-corrected chi connectivity index (χ0v) is 27.3. The van der Waals surface area contributed by atoms with E-state index in [0.29, 0.717) is 17.8 Å². The Morgan fingerprint density at radius 1 is 0.850 bits per heavy atom. The Bertz CT molecular complexity index is 1260. The maximum Gasteiger partial charge on any atom is 0.0783 e. The van der Waals surface area contributed by atoms with Crippen LogP contribution >= 0.6 is 0 Å². The third-order valence-corrected chi connectivity index (χ3v) is 8.33. The molecule has 0 bridgehead atoms. The molecule has 0 aromatic heterocycles. The normalized spacial score (nSPS) is 20.9. The van der Waals surface area contributed by atoms with Gasteiger partial charge in [-0.2, -0.15) is 0 Å². The van der Waals surface area contributed by atoms with E-state index in [4.69, 9.17) is 0 Å². The van der Waals surface area contributed by atoms with Gasteiger partial charge in [0.05, 0.1) is 5.92 Å². The van der Waals surface area contributed by atoms with E-state index >= 15 is 0 Å². The van der Waals surface area contributed by atoms with Crippen LogP contribution in [0.4, 0.5) is 0 Å². The third-order valence-electron chi connectivity index (χ3n) is 8.33. The van der Waals surface area contributed by atoms with Gasteiger partial charge in [-0.25, -0.2) is 0 Å². The Labute approximate surface area is 248 Å². The van der Waals surface area contributed by atoms with Crippen LogP contribution in [0.2, 0.25) is 0 Å². The fraction of sp³-hybridized carbons (Fsp3) is 0.550. The summed E-state index contributed by atoms with van der Waals surface area (Å²) < 4.78 is 0. The van der Waals surface area contributed by atoms with Crippen molar-refractivity contribution >= 4 is 0 Å². The molecule has 0 aliphatic heterocycles. The second-order valence-electron chi connectivity index (χ2n) is 13.3. The van der Waals surface area contributed by atoms with E-state index in [1.54, 1.807) is 5.57 Å². The summed E-state index contributed by atoms with van der Waals surface area (Å²) in [6.45, 7) is 22.5. The Morgan fingerprint density at radius 2 is 1.43 bits per heavy atom. The maximum atomic E-state index is 3.36. The molecular weight excluding hydrogens is 480 g/mol. The summed E-state index contributed by atoms with van der Waals surface area (Å²) in [5, 5.41) is 0. The molecule has 0 saturated carbocycles. The molecule has 2 rings (SSSR count). The molecule has 0 saturated heterocycles. The van der Waals surface area contributed by atoms with Crippen LogP contribution in [0.5, 0.6) is 0 Å².